The van der Waals surface area contributed by atoms with Gasteiger partial charge in [-0.1, -0.05) is 40.5 Å². The van der Waals surface area contributed by atoms with Crippen LogP contribution in [0.15, 0.2) is 0 Å². The minimum atomic E-state index is 0.465. The summed E-state index contributed by atoms with van der Waals surface area (Å²) in [6.45, 7) is 11.1. The third kappa shape index (κ3) is 10.2. The van der Waals surface area contributed by atoms with Crippen molar-refractivity contribution in [3.63, 3.8) is 0 Å². The molecule has 15 heavy (non-hydrogen) atoms. The van der Waals surface area contributed by atoms with Gasteiger partial charge in [-0.3, -0.25) is 0 Å². The maximum absolute atomic E-state index is 5.40. The highest BCUT2D eigenvalue weighted by atomic mass is 16.7. The van der Waals surface area contributed by atoms with Crippen LogP contribution in [0.3, 0.4) is 0 Å². The second-order valence-electron chi connectivity index (χ2n) is 4.54. The minimum Gasteiger partial charge on any atom is -0.355 e. The molecule has 2 nitrogen and oxygen atoms in total. The van der Waals surface area contributed by atoms with Crippen molar-refractivity contribution in [1.82, 2.24) is 0 Å². The highest BCUT2D eigenvalue weighted by Crippen LogP contribution is 2.07. The van der Waals surface area contributed by atoms with Crippen LogP contribution in [-0.2, 0) is 9.47 Å². The van der Waals surface area contributed by atoms with Gasteiger partial charge in [0.15, 0.2) is 0 Å². The van der Waals surface area contributed by atoms with Gasteiger partial charge in [0.1, 0.15) is 6.79 Å². The van der Waals surface area contributed by atoms with Crippen molar-refractivity contribution in [2.24, 2.45) is 11.8 Å². The molecule has 0 heterocycles. The molecule has 0 aromatic rings. The summed E-state index contributed by atoms with van der Waals surface area (Å²) in [7, 11) is 0. The van der Waals surface area contributed by atoms with Crippen LogP contribution in [0.1, 0.15) is 53.4 Å². The molecular formula is C13H28O2. The Morgan fingerprint density at radius 1 is 0.800 bits per heavy atom. The molecule has 0 aliphatic rings. The highest BCUT2D eigenvalue weighted by Gasteiger charge is 1.99. The summed E-state index contributed by atoms with van der Waals surface area (Å²) in [5.41, 5.74) is 0. The summed E-state index contributed by atoms with van der Waals surface area (Å²) in [6.07, 6.45) is 4.76. The molecule has 2 heteroatoms. The van der Waals surface area contributed by atoms with E-state index in [1.54, 1.807) is 0 Å². The molecule has 2 unspecified atom stereocenters. The van der Waals surface area contributed by atoms with Crippen LogP contribution in [0.4, 0.5) is 0 Å². The molecule has 0 saturated heterocycles. The molecule has 0 spiro atoms. The van der Waals surface area contributed by atoms with Crippen molar-refractivity contribution in [3.05, 3.63) is 0 Å². The minimum absolute atomic E-state index is 0.465. The molecule has 0 N–H and O–H groups in total. The zero-order valence-electron chi connectivity index (χ0n) is 10.9. The van der Waals surface area contributed by atoms with Crippen LogP contribution in [0, 0.1) is 11.8 Å². The Morgan fingerprint density at radius 2 is 1.20 bits per heavy atom. The van der Waals surface area contributed by atoms with E-state index in [0.29, 0.717) is 6.79 Å². The molecule has 0 rings (SSSR count). The van der Waals surface area contributed by atoms with Crippen LogP contribution < -0.4 is 0 Å². The average Bonchev–Trinajstić information content (AvgIpc) is 2.26. The van der Waals surface area contributed by atoms with Crippen molar-refractivity contribution in [2.45, 2.75) is 53.4 Å². The normalized spacial score (nSPS) is 15.2. The Bertz CT molecular complexity index is 112. The van der Waals surface area contributed by atoms with Crippen LogP contribution in [-0.4, -0.2) is 20.0 Å². The molecule has 0 aromatic heterocycles. The fourth-order valence-corrected chi connectivity index (χ4v) is 1.15. The first-order chi connectivity index (χ1) is 7.20. The second kappa shape index (κ2) is 10.4. The summed E-state index contributed by atoms with van der Waals surface area (Å²) < 4.78 is 10.8. The first kappa shape index (κ1) is 14.9. The van der Waals surface area contributed by atoms with Gasteiger partial charge in [0.25, 0.3) is 0 Å². The summed E-state index contributed by atoms with van der Waals surface area (Å²) in [6, 6.07) is 0. The molecular weight excluding hydrogens is 188 g/mol. The SMILES string of the molecule is CCC(C)CCOCOCCC(C)CC. The number of rotatable bonds is 10. The maximum Gasteiger partial charge on any atom is 0.146 e. The fraction of sp³-hybridized carbons (Fsp3) is 1.00. The lowest BCUT2D eigenvalue weighted by molar-refractivity contribution is -0.0594. The van der Waals surface area contributed by atoms with E-state index in [9.17, 15) is 0 Å². The van der Waals surface area contributed by atoms with Crippen molar-refractivity contribution in [3.8, 4) is 0 Å². The Morgan fingerprint density at radius 3 is 1.53 bits per heavy atom. The van der Waals surface area contributed by atoms with Gasteiger partial charge >= 0.3 is 0 Å². The summed E-state index contributed by atoms with van der Waals surface area (Å²) >= 11 is 0. The third-order valence-electron chi connectivity index (χ3n) is 3.07. The van der Waals surface area contributed by atoms with Crippen molar-refractivity contribution in [1.29, 1.82) is 0 Å². The van der Waals surface area contributed by atoms with Gasteiger partial charge in [-0.25, -0.2) is 0 Å². The van der Waals surface area contributed by atoms with E-state index < -0.39 is 0 Å². The first-order valence-electron chi connectivity index (χ1n) is 6.36. The zero-order valence-corrected chi connectivity index (χ0v) is 10.9. The lowest BCUT2D eigenvalue weighted by atomic mass is 10.1. The Labute approximate surface area is 95.3 Å². The third-order valence-corrected chi connectivity index (χ3v) is 3.07. The van der Waals surface area contributed by atoms with E-state index in [4.69, 9.17) is 9.47 Å². The lowest BCUT2D eigenvalue weighted by Crippen LogP contribution is -2.07. The quantitative estimate of drug-likeness (QED) is 0.408. The Kier molecular flexibility index (Phi) is 10.4. The topological polar surface area (TPSA) is 18.5 Å². The Hall–Kier alpha value is -0.0800. The first-order valence-corrected chi connectivity index (χ1v) is 6.36. The zero-order chi connectivity index (χ0) is 11.5. The van der Waals surface area contributed by atoms with Gasteiger partial charge in [-0.2, -0.15) is 0 Å². The number of hydrogen-bond donors (Lipinski definition) is 0. The van der Waals surface area contributed by atoms with E-state index in [-0.39, 0.29) is 0 Å². The summed E-state index contributed by atoms with van der Waals surface area (Å²) in [5, 5.41) is 0. The van der Waals surface area contributed by atoms with E-state index in [0.717, 1.165) is 37.9 Å². The van der Waals surface area contributed by atoms with E-state index in [1.807, 2.05) is 0 Å². The molecule has 0 amide bonds. The van der Waals surface area contributed by atoms with Gasteiger partial charge in [0, 0.05) is 13.2 Å². The largest absolute Gasteiger partial charge is 0.355 e. The van der Waals surface area contributed by atoms with Crippen molar-refractivity contribution in [2.75, 3.05) is 20.0 Å². The van der Waals surface area contributed by atoms with E-state index >= 15 is 0 Å². The van der Waals surface area contributed by atoms with Crippen LogP contribution in [0.2, 0.25) is 0 Å². The predicted octanol–water partition coefficient (Wildman–Crippen LogP) is 3.85. The standard InChI is InChI=1S/C13H28O2/c1-5-12(3)7-9-14-11-15-10-8-13(4)6-2/h12-13H,5-11H2,1-4H3. The van der Waals surface area contributed by atoms with Crippen LogP contribution in [0.25, 0.3) is 0 Å². The van der Waals surface area contributed by atoms with Gasteiger partial charge in [-0.05, 0) is 24.7 Å². The number of ether oxygens (including phenoxy) is 2. The smallest absolute Gasteiger partial charge is 0.146 e. The summed E-state index contributed by atoms with van der Waals surface area (Å²) in [4.78, 5) is 0. The molecule has 0 radical (unpaired) electrons. The highest BCUT2D eigenvalue weighted by molar-refractivity contribution is 4.48. The predicted molar refractivity (Wildman–Crippen MR) is 64.9 cm³/mol. The average molecular weight is 216 g/mol. The molecule has 0 saturated carbocycles. The van der Waals surface area contributed by atoms with Crippen molar-refractivity contribution < 1.29 is 9.47 Å². The Balaban J connectivity index is 3.05. The monoisotopic (exact) mass is 216 g/mol. The van der Waals surface area contributed by atoms with Gasteiger partial charge in [0.2, 0.25) is 0 Å². The molecule has 92 valence electrons. The van der Waals surface area contributed by atoms with E-state index in [2.05, 4.69) is 27.7 Å². The summed E-state index contributed by atoms with van der Waals surface area (Å²) in [5.74, 6) is 1.54. The van der Waals surface area contributed by atoms with Crippen LogP contribution >= 0.6 is 0 Å². The fourth-order valence-electron chi connectivity index (χ4n) is 1.15. The molecule has 0 aromatic carbocycles. The van der Waals surface area contributed by atoms with Gasteiger partial charge < -0.3 is 9.47 Å². The van der Waals surface area contributed by atoms with Crippen molar-refractivity contribution >= 4 is 0 Å². The lowest BCUT2D eigenvalue weighted by Gasteiger charge is -2.10. The molecule has 0 aliphatic carbocycles. The van der Waals surface area contributed by atoms with Crippen LogP contribution in [0.5, 0.6) is 0 Å². The second-order valence-corrected chi connectivity index (χ2v) is 4.54. The van der Waals surface area contributed by atoms with Gasteiger partial charge in [0.05, 0.1) is 0 Å². The maximum atomic E-state index is 5.40. The molecule has 2 atom stereocenters. The van der Waals surface area contributed by atoms with E-state index in [1.165, 1.54) is 12.8 Å². The number of hydrogen-bond acceptors (Lipinski definition) is 2. The molecule has 0 bridgehead atoms. The van der Waals surface area contributed by atoms with Gasteiger partial charge in [-0.15, -0.1) is 0 Å². The molecule has 0 aliphatic heterocycles. The molecule has 0 fully saturated rings.